The first-order valence-electron chi connectivity index (χ1n) is 5.67. The van der Waals surface area contributed by atoms with Crippen LogP contribution in [0.25, 0.3) is 0 Å². The molecule has 0 bridgehead atoms. The molecule has 0 saturated carbocycles. The number of hydrogen-bond donors (Lipinski definition) is 1. The number of hydrogen-bond acceptors (Lipinski definition) is 4. The Kier molecular flexibility index (Phi) is 5.05. The molecule has 0 amide bonds. The van der Waals surface area contributed by atoms with Crippen LogP contribution in [0.5, 0.6) is 0 Å². The number of rotatable bonds is 3. The lowest BCUT2D eigenvalue weighted by molar-refractivity contribution is -0.141. The minimum absolute atomic E-state index is 0.127. The van der Waals surface area contributed by atoms with Gasteiger partial charge in [0.25, 0.3) is 0 Å². The van der Waals surface area contributed by atoms with E-state index < -0.39 is 0 Å². The van der Waals surface area contributed by atoms with Gasteiger partial charge in [-0.2, -0.15) is 0 Å². The first kappa shape index (κ1) is 12.5. The number of nitrogens with zero attached hydrogens (tertiary/aromatic N) is 1. The van der Waals surface area contributed by atoms with Gasteiger partial charge in [-0.15, -0.1) is 0 Å². The Bertz CT molecular complexity index is 207. The molecule has 15 heavy (non-hydrogen) atoms. The van der Waals surface area contributed by atoms with E-state index in [9.17, 15) is 4.79 Å². The highest BCUT2D eigenvalue weighted by Gasteiger charge is 2.21. The molecule has 1 unspecified atom stereocenters. The molecule has 1 saturated heterocycles. The van der Waals surface area contributed by atoms with Crippen LogP contribution in [0.1, 0.15) is 26.7 Å². The molecule has 0 radical (unpaired) electrons. The molecule has 1 rings (SSSR count). The molecule has 0 aromatic heterocycles. The smallest absolute Gasteiger partial charge is 0.307 e. The fourth-order valence-electron chi connectivity index (χ4n) is 1.92. The molecular weight excluding hydrogens is 192 g/mol. The Morgan fingerprint density at radius 1 is 1.60 bits per heavy atom. The van der Waals surface area contributed by atoms with E-state index in [1.807, 2.05) is 0 Å². The molecule has 4 heteroatoms. The summed E-state index contributed by atoms with van der Waals surface area (Å²) in [6.07, 6.45) is 1.62. The van der Waals surface area contributed by atoms with E-state index in [1.54, 1.807) is 0 Å². The lowest BCUT2D eigenvalue weighted by Gasteiger charge is -2.27. The second-order valence-corrected chi connectivity index (χ2v) is 4.37. The molecule has 1 aliphatic heterocycles. The first-order chi connectivity index (χ1) is 7.13. The zero-order valence-electron chi connectivity index (χ0n) is 9.95. The van der Waals surface area contributed by atoms with Crippen molar-refractivity contribution in [3.63, 3.8) is 0 Å². The standard InChI is InChI=1S/C11H22N2O2/c1-9(2)13-6-4-5-12-10(8-13)7-11(14)15-3/h9-10,12H,4-8H2,1-3H3. The van der Waals surface area contributed by atoms with Gasteiger partial charge in [0.1, 0.15) is 0 Å². The molecule has 0 aromatic rings. The van der Waals surface area contributed by atoms with E-state index in [2.05, 4.69) is 24.1 Å². The third kappa shape index (κ3) is 4.18. The highest BCUT2D eigenvalue weighted by molar-refractivity contribution is 5.69. The summed E-state index contributed by atoms with van der Waals surface area (Å²) >= 11 is 0. The van der Waals surface area contributed by atoms with Crippen molar-refractivity contribution in [2.24, 2.45) is 0 Å². The van der Waals surface area contributed by atoms with Crippen LogP contribution >= 0.6 is 0 Å². The highest BCUT2D eigenvalue weighted by atomic mass is 16.5. The van der Waals surface area contributed by atoms with Crippen molar-refractivity contribution in [3.8, 4) is 0 Å². The minimum Gasteiger partial charge on any atom is -0.469 e. The number of nitrogens with one attached hydrogen (secondary N) is 1. The van der Waals surface area contributed by atoms with Crippen molar-refractivity contribution in [1.82, 2.24) is 10.2 Å². The Morgan fingerprint density at radius 2 is 2.33 bits per heavy atom. The van der Waals surface area contributed by atoms with Crippen LogP contribution in [-0.2, 0) is 9.53 Å². The van der Waals surface area contributed by atoms with Crippen molar-refractivity contribution in [2.75, 3.05) is 26.7 Å². The fourth-order valence-corrected chi connectivity index (χ4v) is 1.92. The van der Waals surface area contributed by atoms with Gasteiger partial charge < -0.3 is 10.1 Å². The predicted octanol–water partition coefficient (Wildman–Crippen LogP) is 0.622. The molecule has 0 aromatic carbocycles. The summed E-state index contributed by atoms with van der Waals surface area (Å²) in [5, 5.41) is 3.39. The molecular formula is C11H22N2O2. The van der Waals surface area contributed by atoms with Crippen molar-refractivity contribution < 1.29 is 9.53 Å². The van der Waals surface area contributed by atoms with E-state index >= 15 is 0 Å². The van der Waals surface area contributed by atoms with Gasteiger partial charge >= 0.3 is 5.97 Å². The first-order valence-corrected chi connectivity index (χ1v) is 5.67. The Morgan fingerprint density at radius 3 is 2.93 bits per heavy atom. The lowest BCUT2D eigenvalue weighted by atomic mass is 10.2. The largest absolute Gasteiger partial charge is 0.469 e. The summed E-state index contributed by atoms with van der Waals surface area (Å²) in [6, 6.07) is 0.785. The van der Waals surface area contributed by atoms with Crippen LogP contribution in [0.2, 0.25) is 0 Å². The van der Waals surface area contributed by atoms with Crippen LogP contribution < -0.4 is 5.32 Å². The monoisotopic (exact) mass is 214 g/mol. The van der Waals surface area contributed by atoms with E-state index in [-0.39, 0.29) is 12.0 Å². The predicted molar refractivity (Wildman–Crippen MR) is 59.7 cm³/mol. The summed E-state index contributed by atoms with van der Waals surface area (Å²) in [7, 11) is 1.44. The topological polar surface area (TPSA) is 41.6 Å². The van der Waals surface area contributed by atoms with Crippen molar-refractivity contribution in [3.05, 3.63) is 0 Å². The molecule has 0 aliphatic carbocycles. The van der Waals surface area contributed by atoms with Gasteiger partial charge in [0.15, 0.2) is 0 Å². The van der Waals surface area contributed by atoms with E-state index in [4.69, 9.17) is 4.74 Å². The van der Waals surface area contributed by atoms with Crippen molar-refractivity contribution in [2.45, 2.75) is 38.8 Å². The van der Waals surface area contributed by atoms with Crippen molar-refractivity contribution >= 4 is 5.97 Å². The molecule has 88 valence electrons. The normalized spacial score (nSPS) is 23.9. The van der Waals surface area contributed by atoms with Crippen LogP contribution in [0.4, 0.5) is 0 Å². The van der Waals surface area contributed by atoms with Gasteiger partial charge in [-0.25, -0.2) is 0 Å². The number of methoxy groups -OCH3 is 1. The molecule has 4 nitrogen and oxygen atoms in total. The van der Waals surface area contributed by atoms with E-state index in [0.29, 0.717) is 12.5 Å². The van der Waals surface area contributed by atoms with Gasteiger partial charge in [-0.1, -0.05) is 0 Å². The fraction of sp³-hybridized carbons (Fsp3) is 0.909. The lowest BCUT2D eigenvalue weighted by Crippen LogP contribution is -2.41. The van der Waals surface area contributed by atoms with E-state index in [1.165, 1.54) is 7.11 Å². The SMILES string of the molecule is COC(=O)CC1CN(C(C)C)CCCN1. The minimum atomic E-state index is -0.127. The highest BCUT2D eigenvalue weighted by Crippen LogP contribution is 2.07. The van der Waals surface area contributed by atoms with Gasteiger partial charge in [0.2, 0.25) is 0 Å². The number of ether oxygens (including phenoxy) is 1. The maximum Gasteiger partial charge on any atom is 0.307 e. The molecule has 1 N–H and O–H groups in total. The zero-order valence-corrected chi connectivity index (χ0v) is 9.95. The van der Waals surface area contributed by atoms with Crippen LogP contribution in [-0.4, -0.2) is 49.7 Å². The summed E-state index contributed by atoms with van der Waals surface area (Å²) in [4.78, 5) is 13.6. The summed E-state index contributed by atoms with van der Waals surface area (Å²) in [5.74, 6) is -0.127. The molecule has 1 aliphatic rings. The van der Waals surface area contributed by atoms with Gasteiger partial charge in [-0.3, -0.25) is 9.69 Å². The zero-order chi connectivity index (χ0) is 11.3. The van der Waals surface area contributed by atoms with Gasteiger partial charge in [0, 0.05) is 18.6 Å². The Hall–Kier alpha value is -0.610. The van der Waals surface area contributed by atoms with Crippen LogP contribution in [0.3, 0.4) is 0 Å². The third-order valence-corrected chi connectivity index (χ3v) is 2.88. The maximum absolute atomic E-state index is 11.2. The third-order valence-electron chi connectivity index (χ3n) is 2.88. The molecule has 1 heterocycles. The number of esters is 1. The average molecular weight is 214 g/mol. The Balaban J connectivity index is 2.45. The summed E-state index contributed by atoms with van der Waals surface area (Å²) in [5.41, 5.74) is 0. The quantitative estimate of drug-likeness (QED) is 0.699. The second kappa shape index (κ2) is 6.08. The summed E-state index contributed by atoms with van der Waals surface area (Å²) < 4.78 is 4.69. The average Bonchev–Trinajstić information content (AvgIpc) is 2.43. The summed E-state index contributed by atoms with van der Waals surface area (Å²) in [6.45, 7) is 7.43. The molecule has 1 fully saturated rings. The molecule has 0 spiro atoms. The number of carbonyl (C=O) groups is 1. The van der Waals surface area contributed by atoms with E-state index in [0.717, 1.165) is 26.1 Å². The van der Waals surface area contributed by atoms with Crippen LogP contribution in [0, 0.1) is 0 Å². The van der Waals surface area contributed by atoms with Crippen molar-refractivity contribution in [1.29, 1.82) is 0 Å². The second-order valence-electron chi connectivity index (χ2n) is 4.37. The maximum atomic E-state index is 11.2. The molecule has 1 atom stereocenters. The van der Waals surface area contributed by atoms with Crippen LogP contribution in [0.15, 0.2) is 0 Å². The Labute approximate surface area is 92.0 Å². The number of carbonyl (C=O) groups excluding carboxylic acids is 1. The van der Waals surface area contributed by atoms with Gasteiger partial charge in [-0.05, 0) is 33.4 Å². The van der Waals surface area contributed by atoms with Gasteiger partial charge in [0.05, 0.1) is 13.5 Å².